The van der Waals surface area contributed by atoms with Crippen LogP contribution in [0.2, 0.25) is 0 Å². The Morgan fingerprint density at radius 2 is 1.28 bits per heavy atom. The van der Waals surface area contributed by atoms with Crippen LogP contribution < -0.4 is 17.0 Å². The van der Waals surface area contributed by atoms with Crippen molar-refractivity contribution in [1.29, 1.82) is 0 Å². The van der Waals surface area contributed by atoms with Crippen LogP contribution in [0.3, 0.4) is 0 Å². The molecule has 4 aliphatic carbocycles. The number of hydrogen-bond donors (Lipinski definition) is 1. The van der Waals surface area contributed by atoms with Crippen LogP contribution in [-0.2, 0) is 50.3 Å². The predicted molar refractivity (Wildman–Crippen MR) is 225 cm³/mol. The molecule has 0 saturated heterocycles. The molecule has 4 aromatic rings. The van der Waals surface area contributed by atoms with Crippen LogP contribution in [0, 0.1) is 41.2 Å². The second kappa shape index (κ2) is 23.0. The molecule has 4 aliphatic rings. The molecule has 1 N–H and O–H groups in total. The van der Waals surface area contributed by atoms with Crippen LogP contribution in [0.25, 0.3) is 23.5 Å². The third-order valence-electron chi connectivity index (χ3n) is 12.3. The van der Waals surface area contributed by atoms with Crippen molar-refractivity contribution in [3.8, 4) is 11.4 Å². The number of aliphatic hydroxyl groups excluding tert-OH is 1. The number of fused-ring (bicyclic) bond motifs is 4. The van der Waals surface area contributed by atoms with Crippen molar-refractivity contribution >= 4 is 41.5 Å². The number of halogens is 3. The van der Waals surface area contributed by atoms with E-state index < -0.39 is 0 Å². The van der Waals surface area contributed by atoms with E-state index in [-0.39, 0.29) is 109 Å². The number of benzene rings is 2. The minimum Gasteiger partial charge on any atom is -1.00 e. The summed E-state index contributed by atoms with van der Waals surface area (Å²) in [6.45, 7) is 15.3. The molecular weight excluding hydrogens is 884 g/mol. The quantitative estimate of drug-likeness (QED) is 0.0767. The summed E-state index contributed by atoms with van der Waals surface area (Å²) in [7, 11) is 0. The van der Waals surface area contributed by atoms with Crippen LogP contribution in [0.5, 0.6) is 0 Å². The van der Waals surface area contributed by atoms with E-state index in [4.69, 9.17) is 0 Å². The van der Waals surface area contributed by atoms with Gasteiger partial charge in [-0.25, -0.2) is 18.1 Å². The van der Waals surface area contributed by atoms with E-state index in [0.29, 0.717) is 18.3 Å². The zero-order valence-electron chi connectivity index (χ0n) is 33.4. The number of aldehydes is 1. The predicted octanol–water partition coefficient (Wildman–Crippen LogP) is 7.69. The fourth-order valence-corrected chi connectivity index (χ4v) is 9.07. The Bertz CT molecular complexity index is 2030. The van der Waals surface area contributed by atoms with Crippen LogP contribution in [0.4, 0.5) is 8.78 Å². The van der Waals surface area contributed by atoms with E-state index in [1.54, 1.807) is 30.3 Å². The molecule has 303 valence electrons. The Hall–Kier alpha value is -2.34. The number of carbonyl (C=O) groups is 1. The van der Waals surface area contributed by atoms with E-state index in [0.717, 1.165) is 93.3 Å². The number of allylic oxidation sites excluding steroid dienone is 4. The first-order valence-electron chi connectivity index (χ1n) is 19.2. The smallest absolute Gasteiger partial charge is 1.00 e. The van der Waals surface area contributed by atoms with Gasteiger partial charge in [0.25, 0.3) is 0 Å². The summed E-state index contributed by atoms with van der Waals surface area (Å²) in [5.74, 6) is 0.437. The molecule has 2 aromatic heterocycles. The monoisotopic (exact) mass is 939 g/mol. The number of aliphatic hydroxyl groups is 1. The average Bonchev–Trinajstić information content (AvgIpc) is 3.93. The minimum absolute atomic E-state index is 0. The second-order valence-corrected chi connectivity index (χ2v) is 15.6. The molecule has 0 bridgehead atoms. The number of hydrogen-bond acceptors (Lipinski definition) is 4. The van der Waals surface area contributed by atoms with Crippen molar-refractivity contribution in [3.05, 3.63) is 138 Å². The Labute approximate surface area is 396 Å². The summed E-state index contributed by atoms with van der Waals surface area (Å²) in [5.41, 5.74) is 9.45. The molecule has 5 atom stereocenters. The molecule has 0 aliphatic heterocycles. The van der Waals surface area contributed by atoms with Gasteiger partial charge in [0.05, 0.1) is 41.3 Å². The third-order valence-corrected chi connectivity index (χ3v) is 12.3. The fraction of sp³-hybridized carbons (Fsp3) is 0.404. The van der Waals surface area contributed by atoms with Crippen molar-refractivity contribution in [2.75, 3.05) is 0 Å². The maximum Gasteiger partial charge on any atom is 2.00 e. The van der Waals surface area contributed by atoms with Gasteiger partial charge in [-0.1, -0.05) is 38.5 Å². The Morgan fingerprint density at radius 1 is 0.845 bits per heavy atom. The first kappa shape index (κ1) is 51.8. The molecule has 58 heavy (non-hydrogen) atoms. The van der Waals surface area contributed by atoms with Gasteiger partial charge in [-0.2, -0.15) is 16.6 Å². The summed E-state index contributed by atoms with van der Waals surface area (Å²) >= 11 is 0. The first-order chi connectivity index (χ1) is 26.0. The van der Waals surface area contributed by atoms with Crippen molar-refractivity contribution in [2.24, 2.45) is 22.7 Å². The molecule has 0 amide bonds. The van der Waals surface area contributed by atoms with Gasteiger partial charge in [0, 0.05) is 39.1 Å². The Kier molecular flexibility index (Phi) is 20.6. The zero-order valence-corrected chi connectivity index (χ0v) is 39.2. The van der Waals surface area contributed by atoms with Gasteiger partial charge in [-0.05, 0) is 152 Å². The van der Waals surface area contributed by atoms with Crippen molar-refractivity contribution in [2.45, 2.75) is 98.0 Å². The van der Waals surface area contributed by atoms with Crippen LogP contribution in [0.15, 0.2) is 97.4 Å². The molecule has 2 fully saturated rings. The van der Waals surface area contributed by atoms with E-state index in [1.165, 1.54) is 46.5 Å². The standard InChI is InChI=1S/C23H27FN2O.C19H19FN2O.C4H7.CH4.BrH.Mg.Y/c1-3-4-5-21(27)12-17-6-7-18-13-22-16(14-23(17,18)2)15-25-26(22)20-10-8-19(24)9-11-20;1-19-11-13-12-21-22(17-6-4-16(20)5-7-17)18(13)10-15(19)3-2-14(19)8-9-23;1-3-4-2;;;;/h3,8-11,13,15,17,21,27H,1,4-7,12,14H2,2H3;4-7,9-10,12,14H,2-3,8,11H2,1H3;3H,1-2,4H2;1H4;1H;;/q;;-1;;;+2;/p-1/t17-,21-,23-;14-,19-;;;;;/m11...../s1. The van der Waals surface area contributed by atoms with Crippen LogP contribution in [-0.4, -0.2) is 60.1 Å². The molecule has 2 aromatic carbocycles. The van der Waals surface area contributed by atoms with Crippen molar-refractivity contribution in [3.63, 3.8) is 0 Å². The third kappa shape index (κ3) is 11.1. The first-order valence-corrected chi connectivity index (χ1v) is 19.2. The SMILES string of the molecule is C.C=CCC[C@@H](O)C[C@H]1CCC2=Cc3c(cnn3-c3ccc(F)cc3)C[C@@]21C.C=CC[CH2-].C[C@]12Cc3cnn(-c4ccc(F)cc4)c3C=C1CC[C@@H]2CC=O.[Br-].[Mg+2].[Y]. The molecule has 0 unspecified atom stereocenters. The normalized spacial score (nSPS) is 22.2. The molecule has 11 heteroatoms. The maximum atomic E-state index is 13.3. The molecular formula is C47H57BrF2MgN4O2Y. The summed E-state index contributed by atoms with van der Waals surface area (Å²) in [5, 5.41) is 19.5. The summed E-state index contributed by atoms with van der Waals surface area (Å²) in [6, 6.07) is 12.9. The molecule has 6 nitrogen and oxygen atoms in total. The van der Waals surface area contributed by atoms with E-state index in [2.05, 4.69) is 56.3 Å². The molecule has 2 heterocycles. The summed E-state index contributed by atoms with van der Waals surface area (Å²) < 4.78 is 30.2. The average molecular weight is 941 g/mol. The number of aromatic nitrogens is 4. The van der Waals surface area contributed by atoms with Crippen molar-refractivity contribution < 1.29 is 68.4 Å². The Morgan fingerprint density at radius 3 is 1.69 bits per heavy atom. The molecule has 8 rings (SSSR count). The fourth-order valence-electron chi connectivity index (χ4n) is 9.07. The second-order valence-electron chi connectivity index (χ2n) is 15.6. The van der Waals surface area contributed by atoms with Gasteiger partial charge in [0.15, 0.2) is 0 Å². The van der Waals surface area contributed by atoms with Gasteiger partial charge in [0.1, 0.15) is 17.9 Å². The van der Waals surface area contributed by atoms with Crippen LogP contribution >= 0.6 is 0 Å². The zero-order chi connectivity index (χ0) is 38.5. The molecule has 0 spiro atoms. The molecule has 2 saturated carbocycles. The van der Waals surface area contributed by atoms with Gasteiger partial charge in [-0.3, -0.25) is 0 Å². The van der Waals surface area contributed by atoms with Gasteiger partial charge >= 0.3 is 23.1 Å². The van der Waals surface area contributed by atoms with E-state index >= 15 is 0 Å². The van der Waals surface area contributed by atoms with Gasteiger partial charge < -0.3 is 33.8 Å². The van der Waals surface area contributed by atoms with Crippen molar-refractivity contribution in [1.82, 2.24) is 19.6 Å². The topological polar surface area (TPSA) is 72.9 Å². The summed E-state index contributed by atoms with van der Waals surface area (Å²) in [6.07, 6.45) is 23.0. The number of nitrogens with zero attached hydrogens (tertiary/aromatic N) is 4. The van der Waals surface area contributed by atoms with Crippen LogP contribution in [0.1, 0.15) is 102 Å². The number of rotatable bonds is 10. The minimum atomic E-state index is -0.257. The van der Waals surface area contributed by atoms with Gasteiger partial charge in [0.2, 0.25) is 0 Å². The largest absolute Gasteiger partial charge is 2.00 e. The number of carbonyl (C=O) groups excluding carboxylic acids is 1. The summed E-state index contributed by atoms with van der Waals surface area (Å²) in [4.78, 5) is 11.0. The van der Waals surface area contributed by atoms with E-state index in [9.17, 15) is 18.7 Å². The maximum absolute atomic E-state index is 13.3. The van der Waals surface area contributed by atoms with Gasteiger partial charge in [-0.15, -0.1) is 19.2 Å². The molecule has 1 radical (unpaired) electrons. The Balaban J connectivity index is 0.000000347. The van der Waals surface area contributed by atoms with E-state index in [1.807, 2.05) is 27.8 Å².